The van der Waals surface area contributed by atoms with Crippen LogP contribution >= 0.6 is 25.0 Å². The average Bonchev–Trinajstić information content (AvgIpc) is 1.87. The van der Waals surface area contributed by atoms with E-state index in [0.29, 0.717) is 0 Å². The third kappa shape index (κ3) is 11.8. The zero-order valence-corrected chi connectivity index (χ0v) is 9.93. The van der Waals surface area contributed by atoms with E-state index in [1.165, 1.54) is 5.57 Å². The fraction of sp³-hybridized carbons (Fsp3) is 0.333. The summed E-state index contributed by atoms with van der Waals surface area (Å²) in [4.78, 5) is 0.987. The first kappa shape index (κ1) is 23.0. The summed E-state index contributed by atoms with van der Waals surface area (Å²) in [5.41, 5.74) is 2.27. The third-order valence-electron chi connectivity index (χ3n) is 1.33. The van der Waals surface area contributed by atoms with Gasteiger partial charge >= 0.3 is 0 Å². The summed E-state index contributed by atoms with van der Waals surface area (Å²) >= 11 is 4.21. The van der Waals surface area contributed by atoms with Crippen LogP contribution in [0.1, 0.15) is 20.8 Å². The SMILES string of the molecule is C=C(C)/C(C)=C\C(S)=C/C.Cl.O.O. The molecule has 2 nitrogen and oxygen atoms in total. The fourth-order valence-corrected chi connectivity index (χ4v) is 0.622. The van der Waals surface area contributed by atoms with E-state index in [4.69, 9.17) is 0 Å². The molecular weight excluding hydrogens is 208 g/mol. The van der Waals surface area contributed by atoms with Crippen LogP contribution in [0, 0.1) is 0 Å². The van der Waals surface area contributed by atoms with Crippen LogP contribution in [0.2, 0.25) is 0 Å². The molecule has 0 unspecified atom stereocenters. The first-order valence-electron chi connectivity index (χ1n) is 3.27. The molecule has 0 rings (SSSR count). The standard InChI is InChI=1S/C9H14S.ClH.2H2O/c1-5-9(10)6-8(4)7(2)3;;;/h5-6,10H,2H2,1,3-4H3;1H;2*1H2/b8-6-,9-5+;;;. The molecule has 4 N–H and O–H groups in total. The van der Waals surface area contributed by atoms with Crippen LogP contribution in [-0.2, 0) is 0 Å². The molecule has 13 heavy (non-hydrogen) atoms. The summed E-state index contributed by atoms with van der Waals surface area (Å²) in [6, 6.07) is 0. The van der Waals surface area contributed by atoms with E-state index in [1.54, 1.807) is 0 Å². The number of allylic oxidation sites excluding steroid dienone is 4. The summed E-state index contributed by atoms with van der Waals surface area (Å²) in [6.07, 6.45) is 3.96. The van der Waals surface area contributed by atoms with E-state index >= 15 is 0 Å². The quantitative estimate of drug-likeness (QED) is 0.554. The second-order valence-electron chi connectivity index (χ2n) is 2.32. The Bertz CT molecular complexity index is 198. The Morgan fingerprint density at radius 1 is 1.23 bits per heavy atom. The highest BCUT2D eigenvalue weighted by Gasteiger charge is 1.88. The first-order chi connectivity index (χ1) is 4.57. The summed E-state index contributed by atoms with van der Waals surface area (Å²) in [5.74, 6) is 0. The van der Waals surface area contributed by atoms with Crippen molar-refractivity contribution in [2.45, 2.75) is 20.8 Å². The Morgan fingerprint density at radius 3 is 1.85 bits per heavy atom. The first-order valence-corrected chi connectivity index (χ1v) is 3.72. The number of hydrogen-bond acceptors (Lipinski definition) is 1. The van der Waals surface area contributed by atoms with Gasteiger partial charge in [0, 0.05) is 0 Å². The number of rotatable bonds is 2. The lowest BCUT2D eigenvalue weighted by Gasteiger charge is -1.97. The number of hydrogen-bond donors (Lipinski definition) is 1. The van der Waals surface area contributed by atoms with Gasteiger partial charge in [-0.3, -0.25) is 0 Å². The normalized spacial score (nSPS) is 10.5. The minimum atomic E-state index is 0. The van der Waals surface area contributed by atoms with Crippen LogP contribution in [0.25, 0.3) is 0 Å². The van der Waals surface area contributed by atoms with Gasteiger partial charge in [0.1, 0.15) is 0 Å². The Morgan fingerprint density at radius 2 is 1.62 bits per heavy atom. The van der Waals surface area contributed by atoms with Gasteiger partial charge in [0.05, 0.1) is 0 Å². The molecule has 0 aromatic carbocycles. The highest BCUT2D eigenvalue weighted by Crippen LogP contribution is 2.11. The molecule has 80 valence electrons. The van der Waals surface area contributed by atoms with Crippen molar-refractivity contribution in [2.75, 3.05) is 0 Å². The lowest BCUT2D eigenvalue weighted by Crippen LogP contribution is -1.75. The second kappa shape index (κ2) is 11.8. The van der Waals surface area contributed by atoms with Gasteiger partial charge in [-0.2, -0.15) is 0 Å². The zero-order chi connectivity index (χ0) is 8.15. The summed E-state index contributed by atoms with van der Waals surface area (Å²) in [5, 5.41) is 0. The number of thiol groups is 1. The van der Waals surface area contributed by atoms with Crippen molar-refractivity contribution in [3.8, 4) is 0 Å². The largest absolute Gasteiger partial charge is 0.412 e. The van der Waals surface area contributed by atoms with Crippen molar-refractivity contribution in [3.05, 3.63) is 34.8 Å². The molecule has 0 saturated heterocycles. The van der Waals surface area contributed by atoms with Gasteiger partial charge in [-0.1, -0.05) is 18.2 Å². The highest BCUT2D eigenvalue weighted by atomic mass is 35.5. The smallest absolute Gasteiger partial charge is 0.00000516 e. The predicted molar refractivity (Wildman–Crippen MR) is 65.8 cm³/mol. The maximum absolute atomic E-state index is 4.21. The molecule has 0 heterocycles. The van der Waals surface area contributed by atoms with Crippen molar-refractivity contribution in [1.29, 1.82) is 0 Å². The topological polar surface area (TPSA) is 63.0 Å². The van der Waals surface area contributed by atoms with Gasteiger partial charge in [0.2, 0.25) is 0 Å². The summed E-state index contributed by atoms with van der Waals surface area (Å²) < 4.78 is 0. The fourth-order valence-electron chi connectivity index (χ4n) is 0.428. The van der Waals surface area contributed by atoms with Crippen molar-refractivity contribution in [2.24, 2.45) is 0 Å². The number of halogens is 1. The van der Waals surface area contributed by atoms with Gasteiger partial charge in [-0.05, 0) is 37.3 Å². The van der Waals surface area contributed by atoms with Crippen LogP contribution in [0.3, 0.4) is 0 Å². The minimum absolute atomic E-state index is 0. The Labute approximate surface area is 91.9 Å². The van der Waals surface area contributed by atoms with E-state index in [1.807, 2.05) is 32.9 Å². The molecule has 0 fully saturated rings. The Hall–Kier alpha value is -0.220. The van der Waals surface area contributed by atoms with Gasteiger partial charge in [-0.15, -0.1) is 25.0 Å². The molecule has 0 aromatic heterocycles. The monoisotopic (exact) mass is 226 g/mol. The molecule has 0 spiro atoms. The highest BCUT2D eigenvalue weighted by molar-refractivity contribution is 7.84. The van der Waals surface area contributed by atoms with Crippen LogP contribution in [-0.4, -0.2) is 11.0 Å². The predicted octanol–water partition coefficient (Wildman–Crippen LogP) is 2.11. The van der Waals surface area contributed by atoms with E-state index in [9.17, 15) is 0 Å². The molecule has 0 aliphatic rings. The van der Waals surface area contributed by atoms with Crippen molar-refractivity contribution >= 4 is 25.0 Å². The zero-order valence-electron chi connectivity index (χ0n) is 8.22. The van der Waals surface area contributed by atoms with E-state index < -0.39 is 0 Å². The molecule has 0 radical (unpaired) electrons. The van der Waals surface area contributed by atoms with Gasteiger partial charge in [-0.25, -0.2) is 0 Å². The van der Waals surface area contributed by atoms with E-state index in [2.05, 4.69) is 19.2 Å². The second-order valence-corrected chi connectivity index (χ2v) is 2.84. The molecule has 0 aliphatic carbocycles. The molecule has 0 atom stereocenters. The van der Waals surface area contributed by atoms with Crippen molar-refractivity contribution < 1.29 is 11.0 Å². The molecule has 0 aromatic rings. The lowest BCUT2D eigenvalue weighted by atomic mass is 10.1. The van der Waals surface area contributed by atoms with Crippen LogP contribution < -0.4 is 0 Å². The Kier molecular flexibility index (Phi) is 20.8. The van der Waals surface area contributed by atoms with Crippen molar-refractivity contribution in [3.63, 3.8) is 0 Å². The molecule has 0 aliphatic heterocycles. The van der Waals surface area contributed by atoms with E-state index in [0.717, 1.165) is 10.5 Å². The molecule has 4 heteroatoms. The van der Waals surface area contributed by atoms with Crippen LogP contribution in [0.4, 0.5) is 0 Å². The van der Waals surface area contributed by atoms with Gasteiger partial charge in [0.15, 0.2) is 0 Å². The minimum Gasteiger partial charge on any atom is -0.412 e. The maximum Gasteiger partial charge on any atom is -0.00000516 e. The molecule has 0 bridgehead atoms. The molecular formula is C9H19ClO2S. The molecule has 0 saturated carbocycles. The van der Waals surface area contributed by atoms with Crippen LogP contribution in [0.5, 0.6) is 0 Å². The summed E-state index contributed by atoms with van der Waals surface area (Å²) in [7, 11) is 0. The third-order valence-corrected chi connectivity index (χ3v) is 1.72. The van der Waals surface area contributed by atoms with Gasteiger partial charge in [0.25, 0.3) is 0 Å². The molecule has 0 amide bonds. The van der Waals surface area contributed by atoms with Gasteiger partial charge < -0.3 is 11.0 Å². The van der Waals surface area contributed by atoms with Crippen molar-refractivity contribution in [1.82, 2.24) is 0 Å². The maximum atomic E-state index is 4.21. The lowest BCUT2D eigenvalue weighted by molar-refractivity contribution is 0.823. The Balaban J connectivity index is -0.000000135. The van der Waals surface area contributed by atoms with E-state index in [-0.39, 0.29) is 23.4 Å². The summed E-state index contributed by atoms with van der Waals surface area (Å²) in [6.45, 7) is 9.79. The average molecular weight is 227 g/mol. The van der Waals surface area contributed by atoms with Crippen LogP contribution in [0.15, 0.2) is 34.8 Å².